The van der Waals surface area contributed by atoms with Crippen molar-refractivity contribution in [3.63, 3.8) is 0 Å². The Kier molecular flexibility index (Phi) is 4.23. The Hall–Kier alpha value is -1.96. The van der Waals surface area contributed by atoms with Gasteiger partial charge in [-0.25, -0.2) is 0 Å². The van der Waals surface area contributed by atoms with Crippen molar-refractivity contribution in [3.8, 4) is 11.1 Å². The van der Waals surface area contributed by atoms with E-state index in [0.717, 1.165) is 0 Å². The zero-order valence-corrected chi connectivity index (χ0v) is 16.9. The molecule has 0 saturated heterocycles. The van der Waals surface area contributed by atoms with E-state index in [4.69, 9.17) is 0 Å². The van der Waals surface area contributed by atoms with Crippen LogP contribution in [-0.2, 0) is 39.8 Å². The number of rotatable bonds is 1. The normalized spacial score (nSPS) is 11.1. The quantitative estimate of drug-likeness (QED) is 0.309. The van der Waals surface area contributed by atoms with Gasteiger partial charge in [0.25, 0.3) is 0 Å². The van der Waals surface area contributed by atoms with E-state index in [-0.39, 0.29) is 32.7 Å². The van der Waals surface area contributed by atoms with E-state index in [0.29, 0.717) is 0 Å². The number of aromatic nitrogens is 1. The molecule has 1 nitrogen and oxygen atoms in total. The van der Waals surface area contributed by atoms with E-state index in [1.54, 1.807) is 0 Å². The molecular weight excluding hydrogens is 379 g/mol. The van der Waals surface area contributed by atoms with Crippen molar-refractivity contribution in [2.75, 3.05) is 0 Å². The number of hydrogen-bond acceptors (Lipinski definition) is 0. The predicted molar refractivity (Wildman–Crippen MR) is 102 cm³/mol. The summed E-state index contributed by atoms with van der Waals surface area (Å²) in [7, 11) is 2.16. The van der Waals surface area contributed by atoms with Crippen LogP contribution in [0.2, 0.25) is 0 Å². The van der Waals surface area contributed by atoms with Gasteiger partial charge in [0.1, 0.15) is 0 Å². The molecule has 0 unspecified atom stereocenters. The van der Waals surface area contributed by atoms with Crippen molar-refractivity contribution in [1.29, 1.82) is 0 Å². The van der Waals surface area contributed by atoms with Crippen molar-refractivity contribution in [2.45, 2.75) is 0 Å². The Labute approximate surface area is 172 Å². The Balaban J connectivity index is 0.00000157. The van der Waals surface area contributed by atoms with Gasteiger partial charge in [0.05, 0.1) is 5.52 Å². The van der Waals surface area contributed by atoms with Crippen LogP contribution in [0, 0.1) is 6.07 Å². The molecule has 1 heterocycles. The Morgan fingerprint density at radius 2 is 1.36 bits per heavy atom. The van der Waals surface area contributed by atoms with Crippen molar-refractivity contribution in [2.24, 2.45) is 7.05 Å². The average Bonchev–Trinajstić information content (AvgIpc) is 2.95. The second-order valence-corrected chi connectivity index (χ2v) is 6.23. The van der Waals surface area contributed by atoms with Gasteiger partial charge in [0.15, 0.2) is 0 Å². The molecule has 117 valence electrons. The topological polar surface area (TPSA) is 4.93 Å². The molecule has 0 fully saturated rings. The van der Waals surface area contributed by atoms with Gasteiger partial charge in [0.2, 0.25) is 0 Å². The van der Waals surface area contributed by atoms with E-state index in [1.165, 1.54) is 43.7 Å². The zero-order chi connectivity index (χ0) is 16.1. The number of hydrogen-bond donors (Lipinski definition) is 0. The molecule has 4 aromatic carbocycles. The maximum atomic E-state index is 3.12. The van der Waals surface area contributed by atoms with E-state index in [9.17, 15) is 0 Å². The number of fused-ring (bicyclic) bond motifs is 5. The second-order valence-electron chi connectivity index (χ2n) is 6.23. The van der Waals surface area contributed by atoms with Crippen LogP contribution >= 0.6 is 0 Å². The fourth-order valence-electron chi connectivity index (χ4n) is 3.85. The van der Waals surface area contributed by atoms with Gasteiger partial charge >= 0.3 is 0 Å². The first-order valence-electron chi connectivity index (χ1n) is 8.20. The Morgan fingerprint density at radius 3 is 2.12 bits per heavy atom. The minimum Gasteiger partial charge on any atom is -0.343 e. The molecule has 0 aliphatic carbocycles. The summed E-state index contributed by atoms with van der Waals surface area (Å²) in [4.78, 5) is 0. The third-order valence-corrected chi connectivity index (χ3v) is 4.94. The first-order chi connectivity index (χ1) is 11.8. The summed E-state index contributed by atoms with van der Waals surface area (Å²) < 4.78 is 2.32. The summed E-state index contributed by atoms with van der Waals surface area (Å²) in [6.45, 7) is 0. The van der Waals surface area contributed by atoms with Crippen molar-refractivity contribution >= 4 is 32.6 Å². The molecule has 0 aliphatic rings. The third kappa shape index (κ3) is 2.46. The molecule has 0 atom stereocenters. The smallest absolute Gasteiger partial charge is 0.0568 e. The molecule has 0 spiro atoms. The van der Waals surface area contributed by atoms with Crippen molar-refractivity contribution in [3.05, 3.63) is 84.9 Å². The molecule has 1 radical (unpaired) electrons. The van der Waals surface area contributed by atoms with Crippen LogP contribution in [-0.4, -0.2) is 4.57 Å². The summed E-state index contributed by atoms with van der Waals surface area (Å²) in [5, 5.41) is 5.22. The Bertz CT molecular complexity index is 1200. The maximum absolute atomic E-state index is 3.12. The van der Waals surface area contributed by atoms with E-state index < -0.39 is 0 Å². The van der Waals surface area contributed by atoms with Crippen molar-refractivity contribution in [1.82, 2.24) is 4.57 Å². The van der Waals surface area contributed by atoms with Crippen LogP contribution in [0.25, 0.3) is 43.7 Å². The molecule has 0 amide bonds. The summed E-state index contributed by atoms with van der Waals surface area (Å²) in [6.07, 6.45) is 0. The molecule has 0 aliphatic heterocycles. The third-order valence-electron chi connectivity index (χ3n) is 4.94. The van der Waals surface area contributed by atoms with E-state index in [1.807, 2.05) is 12.1 Å². The van der Waals surface area contributed by atoms with Gasteiger partial charge in [-0.2, -0.15) is 30.3 Å². The molecule has 0 saturated carbocycles. The molecule has 0 bridgehead atoms. The van der Waals surface area contributed by atoms with Gasteiger partial charge in [-0.1, -0.05) is 42.5 Å². The van der Waals surface area contributed by atoms with Gasteiger partial charge in [-0.15, -0.1) is 5.56 Å². The predicted octanol–water partition coefficient (Wildman–Crippen LogP) is 5.95. The van der Waals surface area contributed by atoms with Gasteiger partial charge < -0.3 is 4.57 Å². The van der Waals surface area contributed by atoms with Crippen LogP contribution in [0.5, 0.6) is 0 Å². The van der Waals surface area contributed by atoms with Crippen LogP contribution in [0.4, 0.5) is 0 Å². The van der Waals surface area contributed by atoms with Crippen LogP contribution in [0.1, 0.15) is 0 Å². The van der Waals surface area contributed by atoms with E-state index >= 15 is 0 Å². The maximum Gasteiger partial charge on any atom is 0.0568 e. The summed E-state index contributed by atoms with van der Waals surface area (Å²) >= 11 is 0. The summed E-state index contributed by atoms with van der Waals surface area (Å²) in [6, 6.07) is 31.0. The second kappa shape index (κ2) is 6.40. The van der Waals surface area contributed by atoms with Gasteiger partial charge in [-0.05, 0) is 23.1 Å². The molecule has 0 N–H and O–H groups in total. The fourth-order valence-corrected chi connectivity index (χ4v) is 3.85. The minimum absolute atomic E-state index is 0. The monoisotopic (exact) mass is 395 g/mol. The number of benzene rings is 4. The van der Waals surface area contributed by atoms with Gasteiger partial charge in [0, 0.05) is 61.4 Å². The first-order valence-corrected chi connectivity index (χ1v) is 8.20. The van der Waals surface area contributed by atoms with Crippen LogP contribution in [0.3, 0.4) is 0 Å². The van der Waals surface area contributed by atoms with Crippen LogP contribution in [0.15, 0.2) is 78.9 Å². The Morgan fingerprint density at radius 1 is 0.720 bits per heavy atom. The number of nitrogens with zero attached hydrogens (tertiary/aromatic N) is 1. The fraction of sp³-hybridized carbons (Fsp3) is 0.0435. The molecule has 5 aromatic rings. The molecule has 1 aromatic heterocycles. The molecular formula is C23H16NY-. The van der Waals surface area contributed by atoms with Gasteiger partial charge in [-0.3, -0.25) is 0 Å². The molecule has 2 heteroatoms. The zero-order valence-electron chi connectivity index (χ0n) is 14.0. The number of aryl methyl sites for hydroxylation is 1. The summed E-state index contributed by atoms with van der Waals surface area (Å²) in [5.41, 5.74) is 5.09. The largest absolute Gasteiger partial charge is 0.343 e. The summed E-state index contributed by atoms with van der Waals surface area (Å²) in [5.74, 6) is 0. The number of para-hydroxylation sites is 1. The van der Waals surface area contributed by atoms with Crippen LogP contribution < -0.4 is 0 Å². The standard InChI is InChI=1S/C23H16N.Y/c1-24-22-14-8-7-12-18(22)21-15-20(16-9-3-2-4-10-16)17-11-5-6-13-19(17)23(21)24;/h3-15H,1H3;/q-1;. The molecule has 5 rings (SSSR count). The average molecular weight is 395 g/mol. The first kappa shape index (κ1) is 16.5. The SMILES string of the molecule is Cn1c2ccccc2c2cc(-c3cc[c-]cc3)c3ccccc3c21.[Y]. The minimum atomic E-state index is 0. The van der Waals surface area contributed by atoms with Crippen molar-refractivity contribution < 1.29 is 32.7 Å². The van der Waals surface area contributed by atoms with E-state index in [2.05, 4.69) is 84.4 Å². The molecule has 25 heavy (non-hydrogen) atoms.